The normalized spacial score (nSPS) is 14.6. The number of hydrogen-bond acceptors (Lipinski definition) is 3. The lowest BCUT2D eigenvalue weighted by Gasteiger charge is -2.25. The molecule has 0 radical (unpaired) electrons. The molecule has 1 aliphatic heterocycles. The van der Waals surface area contributed by atoms with Crippen LogP contribution in [0.4, 0.5) is 0 Å². The SMILES string of the molecule is CN1COc2ccc(OCc3ccccc3)cc2C1. The molecule has 3 nitrogen and oxygen atoms in total. The van der Waals surface area contributed by atoms with Crippen molar-refractivity contribution in [2.45, 2.75) is 13.2 Å². The maximum absolute atomic E-state index is 5.82. The van der Waals surface area contributed by atoms with E-state index in [-0.39, 0.29) is 0 Å². The highest BCUT2D eigenvalue weighted by Crippen LogP contribution is 2.28. The monoisotopic (exact) mass is 255 g/mol. The lowest BCUT2D eigenvalue weighted by molar-refractivity contribution is 0.121. The molecule has 0 N–H and O–H groups in total. The van der Waals surface area contributed by atoms with Gasteiger partial charge in [0.25, 0.3) is 0 Å². The van der Waals surface area contributed by atoms with E-state index >= 15 is 0 Å². The van der Waals surface area contributed by atoms with Gasteiger partial charge >= 0.3 is 0 Å². The van der Waals surface area contributed by atoms with E-state index < -0.39 is 0 Å². The molecule has 0 unspecified atom stereocenters. The van der Waals surface area contributed by atoms with E-state index in [9.17, 15) is 0 Å². The molecular formula is C16H17NO2. The third-order valence-corrected chi connectivity index (χ3v) is 3.16. The number of benzene rings is 2. The van der Waals surface area contributed by atoms with E-state index in [2.05, 4.69) is 23.1 Å². The molecule has 1 aliphatic rings. The lowest BCUT2D eigenvalue weighted by atomic mass is 10.1. The first kappa shape index (κ1) is 12.1. The summed E-state index contributed by atoms with van der Waals surface area (Å²) in [7, 11) is 2.04. The van der Waals surface area contributed by atoms with Crippen molar-refractivity contribution in [3.05, 3.63) is 59.7 Å². The van der Waals surface area contributed by atoms with Gasteiger partial charge < -0.3 is 9.47 Å². The average Bonchev–Trinajstić information content (AvgIpc) is 2.46. The highest BCUT2D eigenvalue weighted by atomic mass is 16.5. The molecule has 0 saturated carbocycles. The molecule has 0 spiro atoms. The van der Waals surface area contributed by atoms with Gasteiger partial charge in [-0.15, -0.1) is 0 Å². The van der Waals surface area contributed by atoms with Crippen LogP contribution in [-0.4, -0.2) is 18.7 Å². The first-order valence-electron chi connectivity index (χ1n) is 6.42. The molecule has 1 heterocycles. The summed E-state index contributed by atoms with van der Waals surface area (Å²) in [6.07, 6.45) is 0. The Morgan fingerprint density at radius 1 is 1.16 bits per heavy atom. The Bertz CT molecular complexity index is 554. The van der Waals surface area contributed by atoms with E-state index in [1.807, 2.05) is 37.4 Å². The molecule has 19 heavy (non-hydrogen) atoms. The summed E-state index contributed by atoms with van der Waals surface area (Å²) >= 11 is 0. The Balaban J connectivity index is 1.70. The lowest BCUT2D eigenvalue weighted by Crippen LogP contribution is -2.27. The van der Waals surface area contributed by atoms with Crippen LogP contribution >= 0.6 is 0 Å². The number of ether oxygens (including phenoxy) is 2. The molecular weight excluding hydrogens is 238 g/mol. The highest BCUT2D eigenvalue weighted by Gasteiger charge is 2.14. The fourth-order valence-electron chi connectivity index (χ4n) is 2.17. The first-order chi connectivity index (χ1) is 9.31. The summed E-state index contributed by atoms with van der Waals surface area (Å²) in [5.41, 5.74) is 2.35. The molecule has 0 bridgehead atoms. The van der Waals surface area contributed by atoms with Gasteiger partial charge in [0.2, 0.25) is 0 Å². The van der Waals surface area contributed by atoms with Gasteiger partial charge in [0.15, 0.2) is 0 Å². The molecule has 0 aromatic heterocycles. The summed E-state index contributed by atoms with van der Waals surface area (Å²) in [5, 5.41) is 0. The number of rotatable bonds is 3. The quantitative estimate of drug-likeness (QED) is 0.841. The van der Waals surface area contributed by atoms with E-state index in [0.29, 0.717) is 13.3 Å². The zero-order valence-electron chi connectivity index (χ0n) is 11.0. The summed E-state index contributed by atoms with van der Waals surface area (Å²) in [4.78, 5) is 2.13. The predicted molar refractivity (Wildman–Crippen MR) is 74.2 cm³/mol. The van der Waals surface area contributed by atoms with Crippen LogP contribution < -0.4 is 9.47 Å². The standard InChI is InChI=1S/C16H17NO2/c1-17-10-14-9-15(7-8-16(14)19-12-17)18-11-13-5-3-2-4-6-13/h2-9H,10-12H2,1H3. The largest absolute Gasteiger partial charge is 0.489 e. The van der Waals surface area contributed by atoms with Crippen LogP contribution in [-0.2, 0) is 13.2 Å². The van der Waals surface area contributed by atoms with Gasteiger partial charge in [-0.1, -0.05) is 30.3 Å². The van der Waals surface area contributed by atoms with Crippen LogP contribution in [0.5, 0.6) is 11.5 Å². The molecule has 0 atom stereocenters. The van der Waals surface area contributed by atoms with Crippen LogP contribution in [0.25, 0.3) is 0 Å². The fraction of sp³-hybridized carbons (Fsp3) is 0.250. The van der Waals surface area contributed by atoms with Gasteiger partial charge in [0.05, 0.1) is 0 Å². The second-order valence-electron chi connectivity index (χ2n) is 4.83. The Hall–Kier alpha value is -2.00. The molecule has 3 heteroatoms. The Labute approximate surface area is 113 Å². The molecule has 2 aromatic carbocycles. The van der Waals surface area contributed by atoms with Gasteiger partial charge in [0.1, 0.15) is 24.8 Å². The van der Waals surface area contributed by atoms with Crippen molar-refractivity contribution < 1.29 is 9.47 Å². The van der Waals surface area contributed by atoms with Crippen molar-refractivity contribution in [3.8, 4) is 11.5 Å². The van der Waals surface area contributed by atoms with Crippen molar-refractivity contribution in [2.24, 2.45) is 0 Å². The van der Waals surface area contributed by atoms with Crippen LogP contribution in [0.2, 0.25) is 0 Å². The minimum absolute atomic E-state index is 0.594. The van der Waals surface area contributed by atoms with Gasteiger partial charge in [-0.25, -0.2) is 0 Å². The maximum atomic E-state index is 5.82. The molecule has 0 amide bonds. The minimum atomic E-state index is 0.594. The fourth-order valence-corrected chi connectivity index (χ4v) is 2.17. The third-order valence-electron chi connectivity index (χ3n) is 3.16. The van der Waals surface area contributed by atoms with Crippen LogP contribution in [0, 0.1) is 0 Å². The van der Waals surface area contributed by atoms with E-state index in [1.165, 1.54) is 11.1 Å². The molecule has 0 saturated heterocycles. The van der Waals surface area contributed by atoms with E-state index in [1.54, 1.807) is 0 Å². The van der Waals surface area contributed by atoms with Gasteiger partial charge in [-0.2, -0.15) is 0 Å². The van der Waals surface area contributed by atoms with E-state index in [0.717, 1.165) is 18.0 Å². The van der Waals surface area contributed by atoms with Crippen LogP contribution in [0.15, 0.2) is 48.5 Å². The Kier molecular flexibility index (Phi) is 3.38. The maximum Gasteiger partial charge on any atom is 0.142 e. The van der Waals surface area contributed by atoms with Gasteiger partial charge in [0, 0.05) is 12.1 Å². The molecule has 0 aliphatic carbocycles. The van der Waals surface area contributed by atoms with Crippen molar-refractivity contribution in [1.29, 1.82) is 0 Å². The predicted octanol–water partition coefficient (Wildman–Crippen LogP) is 3.05. The molecule has 3 rings (SSSR count). The Morgan fingerprint density at radius 2 is 2.00 bits per heavy atom. The topological polar surface area (TPSA) is 21.7 Å². The summed E-state index contributed by atoms with van der Waals surface area (Å²) in [6, 6.07) is 16.2. The molecule has 2 aromatic rings. The first-order valence-corrected chi connectivity index (χ1v) is 6.42. The molecule has 98 valence electrons. The number of nitrogens with zero attached hydrogens (tertiary/aromatic N) is 1. The molecule has 0 fully saturated rings. The summed E-state index contributed by atoms with van der Waals surface area (Å²) < 4.78 is 11.4. The summed E-state index contributed by atoms with van der Waals surface area (Å²) in [5.74, 6) is 1.85. The van der Waals surface area contributed by atoms with Crippen LogP contribution in [0.1, 0.15) is 11.1 Å². The van der Waals surface area contributed by atoms with Gasteiger partial charge in [-0.05, 0) is 30.8 Å². The van der Waals surface area contributed by atoms with Crippen molar-refractivity contribution in [1.82, 2.24) is 4.90 Å². The van der Waals surface area contributed by atoms with E-state index in [4.69, 9.17) is 9.47 Å². The summed E-state index contributed by atoms with van der Waals surface area (Å²) in [6.45, 7) is 2.14. The zero-order valence-corrected chi connectivity index (χ0v) is 11.0. The number of fused-ring (bicyclic) bond motifs is 1. The Morgan fingerprint density at radius 3 is 2.84 bits per heavy atom. The van der Waals surface area contributed by atoms with Crippen molar-refractivity contribution in [3.63, 3.8) is 0 Å². The van der Waals surface area contributed by atoms with Crippen molar-refractivity contribution in [2.75, 3.05) is 13.8 Å². The highest BCUT2D eigenvalue weighted by molar-refractivity contribution is 5.41. The minimum Gasteiger partial charge on any atom is -0.489 e. The average molecular weight is 255 g/mol. The zero-order chi connectivity index (χ0) is 13.1. The second-order valence-corrected chi connectivity index (χ2v) is 4.83. The third kappa shape index (κ3) is 2.88. The number of hydrogen-bond donors (Lipinski definition) is 0. The van der Waals surface area contributed by atoms with Crippen LogP contribution in [0.3, 0.4) is 0 Å². The smallest absolute Gasteiger partial charge is 0.142 e. The van der Waals surface area contributed by atoms with Crippen molar-refractivity contribution >= 4 is 0 Å². The second kappa shape index (κ2) is 5.33. The van der Waals surface area contributed by atoms with Gasteiger partial charge in [-0.3, -0.25) is 4.90 Å².